The molecule has 0 saturated heterocycles. The molecule has 2 aromatic rings. The number of aryl methyl sites for hydroxylation is 2. The Labute approximate surface area is 142 Å². The van der Waals surface area contributed by atoms with Gasteiger partial charge >= 0.3 is 0 Å². The molecule has 2 amide bonds. The average molecular weight is 322 g/mol. The summed E-state index contributed by atoms with van der Waals surface area (Å²) in [5.41, 5.74) is 5.16. The van der Waals surface area contributed by atoms with Crippen molar-refractivity contribution >= 4 is 17.5 Å². The summed E-state index contributed by atoms with van der Waals surface area (Å²) in [6.45, 7) is 5.96. The van der Waals surface area contributed by atoms with E-state index in [1.54, 1.807) is 4.90 Å². The lowest BCUT2D eigenvalue weighted by Gasteiger charge is -2.35. The maximum absolute atomic E-state index is 12.9. The van der Waals surface area contributed by atoms with Crippen LogP contribution in [-0.2, 0) is 22.6 Å². The highest BCUT2D eigenvalue weighted by Gasteiger charge is 2.33. The fraction of sp³-hybridized carbons (Fsp3) is 0.300. The zero-order valence-corrected chi connectivity index (χ0v) is 14.3. The van der Waals surface area contributed by atoms with Crippen molar-refractivity contribution in [2.75, 3.05) is 5.32 Å². The lowest BCUT2D eigenvalue weighted by atomic mass is 9.93. The average Bonchev–Trinajstić information content (AvgIpc) is 2.56. The van der Waals surface area contributed by atoms with Gasteiger partial charge in [0.05, 0.1) is 0 Å². The molecule has 1 heterocycles. The van der Waals surface area contributed by atoms with E-state index < -0.39 is 6.04 Å². The number of nitrogens with one attached hydrogen (secondary N) is 1. The van der Waals surface area contributed by atoms with Crippen molar-refractivity contribution in [1.29, 1.82) is 0 Å². The number of benzene rings is 2. The van der Waals surface area contributed by atoms with E-state index in [4.69, 9.17) is 0 Å². The minimum absolute atomic E-state index is 0.0781. The molecule has 1 N–H and O–H groups in total. The molecule has 124 valence electrons. The highest BCUT2D eigenvalue weighted by molar-refractivity contribution is 5.98. The minimum atomic E-state index is -0.475. The molecule has 4 heteroatoms. The van der Waals surface area contributed by atoms with Crippen LogP contribution in [0.25, 0.3) is 0 Å². The fourth-order valence-corrected chi connectivity index (χ4v) is 3.17. The molecule has 1 aliphatic heterocycles. The predicted molar refractivity (Wildman–Crippen MR) is 94.7 cm³/mol. The molecule has 0 bridgehead atoms. The van der Waals surface area contributed by atoms with Crippen LogP contribution in [0, 0.1) is 13.8 Å². The van der Waals surface area contributed by atoms with Crippen molar-refractivity contribution in [2.45, 2.75) is 39.8 Å². The van der Waals surface area contributed by atoms with Gasteiger partial charge in [-0.3, -0.25) is 9.59 Å². The second-order valence-electron chi connectivity index (χ2n) is 6.44. The van der Waals surface area contributed by atoms with E-state index in [0.29, 0.717) is 13.0 Å². The van der Waals surface area contributed by atoms with Gasteiger partial charge in [0.2, 0.25) is 11.8 Å². The van der Waals surface area contributed by atoms with Crippen LogP contribution in [0.1, 0.15) is 29.2 Å². The number of carbonyl (C=O) groups is 2. The molecule has 0 spiro atoms. The summed E-state index contributed by atoms with van der Waals surface area (Å²) in [6.07, 6.45) is 0.548. The fourth-order valence-electron chi connectivity index (χ4n) is 3.17. The molecule has 0 radical (unpaired) electrons. The zero-order valence-electron chi connectivity index (χ0n) is 14.3. The van der Waals surface area contributed by atoms with Crippen LogP contribution < -0.4 is 5.32 Å². The Kier molecular flexibility index (Phi) is 4.38. The van der Waals surface area contributed by atoms with Crippen LogP contribution >= 0.6 is 0 Å². The summed E-state index contributed by atoms with van der Waals surface area (Å²) in [4.78, 5) is 26.5. The van der Waals surface area contributed by atoms with Crippen LogP contribution in [0.5, 0.6) is 0 Å². The Morgan fingerprint density at radius 3 is 2.50 bits per heavy atom. The topological polar surface area (TPSA) is 49.4 Å². The van der Waals surface area contributed by atoms with Gasteiger partial charge in [-0.25, -0.2) is 0 Å². The van der Waals surface area contributed by atoms with Gasteiger partial charge in [0.1, 0.15) is 6.04 Å². The highest BCUT2D eigenvalue weighted by atomic mass is 16.2. The van der Waals surface area contributed by atoms with Gasteiger partial charge in [0.15, 0.2) is 0 Å². The number of anilines is 1. The van der Waals surface area contributed by atoms with Crippen molar-refractivity contribution in [2.24, 2.45) is 0 Å². The first kappa shape index (κ1) is 16.2. The van der Waals surface area contributed by atoms with Gasteiger partial charge in [0, 0.05) is 25.6 Å². The first-order valence-corrected chi connectivity index (χ1v) is 8.18. The molecule has 0 fully saturated rings. The first-order chi connectivity index (χ1) is 11.5. The SMILES string of the molecule is CC(=O)N1Cc2ccccc2C[C@@H]1C(=O)Nc1cc(C)ccc1C. The maximum atomic E-state index is 12.9. The summed E-state index contributed by atoms with van der Waals surface area (Å²) < 4.78 is 0. The lowest BCUT2D eigenvalue weighted by Crippen LogP contribution is -2.50. The van der Waals surface area contributed by atoms with Gasteiger partial charge < -0.3 is 10.2 Å². The first-order valence-electron chi connectivity index (χ1n) is 8.18. The Bertz CT molecular complexity index is 798. The Hall–Kier alpha value is -2.62. The molecule has 1 atom stereocenters. The largest absolute Gasteiger partial charge is 0.326 e. The third-order valence-electron chi connectivity index (χ3n) is 4.61. The van der Waals surface area contributed by atoms with Crippen LogP contribution in [0.3, 0.4) is 0 Å². The van der Waals surface area contributed by atoms with Crippen LogP contribution in [0.15, 0.2) is 42.5 Å². The van der Waals surface area contributed by atoms with Crippen LogP contribution in [0.2, 0.25) is 0 Å². The lowest BCUT2D eigenvalue weighted by molar-refractivity contribution is -0.138. The predicted octanol–water partition coefficient (Wildman–Crippen LogP) is 3.22. The number of carbonyl (C=O) groups excluding carboxylic acids is 2. The van der Waals surface area contributed by atoms with Gasteiger partial charge in [0.25, 0.3) is 0 Å². The zero-order chi connectivity index (χ0) is 17.3. The van der Waals surface area contributed by atoms with Gasteiger partial charge in [-0.2, -0.15) is 0 Å². The molecule has 4 nitrogen and oxygen atoms in total. The minimum Gasteiger partial charge on any atom is -0.326 e. The molecule has 0 aliphatic carbocycles. The van der Waals surface area contributed by atoms with Gasteiger partial charge in [-0.05, 0) is 42.2 Å². The maximum Gasteiger partial charge on any atom is 0.247 e. The van der Waals surface area contributed by atoms with Crippen LogP contribution in [0.4, 0.5) is 5.69 Å². The molecule has 1 aliphatic rings. The molecular formula is C20H22N2O2. The molecule has 24 heavy (non-hydrogen) atoms. The summed E-state index contributed by atoms with van der Waals surface area (Å²) in [5, 5.41) is 3.00. The van der Waals surface area contributed by atoms with Crippen molar-refractivity contribution in [1.82, 2.24) is 4.90 Å². The second kappa shape index (κ2) is 6.48. The quantitative estimate of drug-likeness (QED) is 0.923. The number of rotatable bonds is 2. The summed E-state index contributed by atoms with van der Waals surface area (Å²) in [6, 6.07) is 13.5. The number of amides is 2. The summed E-state index contributed by atoms with van der Waals surface area (Å²) >= 11 is 0. The van der Waals surface area contributed by atoms with E-state index in [1.807, 2.05) is 56.3 Å². The monoisotopic (exact) mass is 322 g/mol. The number of hydrogen-bond acceptors (Lipinski definition) is 2. The number of fused-ring (bicyclic) bond motifs is 1. The van der Waals surface area contributed by atoms with E-state index >= 15 is 0 Å². The number of nitrogens with zero attached hydrogens (tertiary/aromatic N) is 1. The van der Waals surface area contributed by atoms with E-state index in [0.717, 1.165) is 27.9 Å². The van der Waals surface area contributed by atoms with E-state index in [-0.39, 0.29) is 11.8 Å². The Morgan fingerprint density at radius 1 is 1.08 bits per heavy atom. The van der Waals surface area contributed by atoms with Crippen molar-refractivity contribution in [3.63, 3.8) is 0 Å². The standard InChI is InChI=1S/C20H22N2O2/c1-13-8-9-14(2)18(10-13)21-20(24)19-11-16-6-4-5-7-17(16)12-22(19)15(3)23/h4-10,19H,11-12H2,1-3H3,(H,21,24)/t19-/m1/s1. The van der Waals surface area contributed by atoms with Gasteiger partial charge in [-0.1, -0.05) is 36.4 Å². The number of hydrogen-bond donors (Lipinski definition) is 1. The van der Waals surface area contributed by atoms with Crippen molar-refractivity contribution in [3.05, 3.63) is 64.7 Å². The van der Waals surface area contributed by atoms with E-state index in [1.165, 1.54) is 6.92 Å². The third-order valence-corrected chi connectivity index (χ3v) is 4.61. The Balaban J connectivity index is 1.87. The summed E-state index contributed by atoms with van der Waals surface area (Å²) in [5.74, 6) is -0.209. The molecule has 0 saturated carbocycles. The second-order valence-corrected chi connectivity index (χ2v) is 6.44. The highest BCUT2D eigenvalue weighted by Crippen LogP contribution is 2.25. The molecule has 0 unspecified atom stereocenters. The normalized spacial score (nSPS) is 16.5. The van der Waals surface area contributed by atoms with Crippen molar-refractivity contribution < 1.29 is 9.59 Å². The van der Waals surface area contributed by atoms with E-state index in [9.17, 15) is 9.59 Å². The molecule has 3 rings (SSSR count). The smallest absolute Gasteiger partial charge is 0.247 e. The van der Waals surface area contributed by atoms with E-state index in [2.05, 4.69) is 5.32 Å². The van der Waals surface area contributed by atoms with Crippen molar-refractivity contribution in [3.8, 4) is 0 Å². The van der Waals surface area contributed by atoms with Crippen LogP contribution in [-0.4, -0.2) is 22.8 Å². The third kappa shape index (κ3) is 3.18. The summed E-state index contributed by atoms with van der Waals surface area (Å²) in [7, 11) is 0. The molecule has 0 aromatic heterocycles. The van der Waals surface area contributed by atoms with Gasteiger partial charge in [-0.15, -0.1) is 0 Å². The molecular weight excluding hydrogens is 300 g/mol. The molecule has 2 aromatic carbocycles. The Morgan fingerprint density at radius 2 is 1.79 bits per heavy atom.